The Morgan fingerprint density at radius 2 is 1.69 bits per heavy atom. The number of nitrogens with one attached hydrogen (secondary N) is 2. The van der Waals surface area contributed by atoms with Gasteiger partial charge >= 0.3 is 6.09 Å². The number of ether oxygens (including phenoxy) is 2. The fourth-order valence-corrected chi connectivity index (χ4v) is 3.16. The zero-order valence-corrected chi connectivity index (χ0v) is 17.9. The Balaban J connectivity index is 2.07. The van der Waals surface area contributed by atoms with Crippen LogP contribution < -0.4 is 15.4 Å². The average Bonchev–Trinajstić information content (AvgIpc) is 2.63. The van der Waals surface area contributed by atoms with Gasteiger partial charge in [-0.1, -0.05) is 0 Å². The number of amides is 2. The molecule has 0 aliphatic heterocycles. The van der Waals surface area contributed by atoms with Gasteiger partial charge in [0.1, 0.15) is 17.2 Å². The first-order chi connectivity index (χ1) is 13.6. The summed E-state index contributed by atoms with van der Waals surface area (Å²) in [5, 5.41) is 4.75. The quantitative estimate of drug-likeness (QED) is 0.620. The lowest BCUT2D eigenvalue weighted by Gasteiger charge is -2.21. The summed E-state index contributed by atoms with van der Waals surface area (Å²) in [4.78, 5) is 25.5. The lowest BCUT2D eigenvalue weighted by Crippen LogP contribution is -2.28. The number of methoxy groups -OCH3 is 1. The van der Waals surface area contributed by atoms with Crippen molar-refractivity contribution in [3.63, 3.8) is 0 Å². The minimum absolute atomic E-state index is 0.156. The van der Waals surface area contributed by atoms with Gasteiger partial charge in [0.2, 0.25) is 5.91 Å². The summed E-state index contributed by atoms with van der Waals surface area (Å²) in [7, 11) is 1.58. The van der Waals surface area contributed by atoms with E-state index in [0.29, 0.717) is 0 Å². The first-order valence-corrected chi connectivity index (χ1v) is 9.86. The minimum Gasteiger partial charge on any atom is -0.497 e. The number of carbonyl (C=O) groups is 2. The zero-order chi connectivity index (χ0) is 21.6. The Labute approximate surface area is 174 Å². The summed E-state index contributed by atoms with van der Waals surface area (Å²) in [6.45, 7) is 6.94. The average molecular weight is 421 g/mol. The van der Waals surface area contributed by atoms with Crippen molar-refractivity contribution in [1.29, 1.82) is 0 Å². The Kier molecular flexibility index (Phi) is 7.50. The fourth-order valence-electron chi connectivity index (χ4n) is 2.29. The van der Waals surface area contributed by atoms with Crippen molar-refractivity contribution in [1.82, 2.24) is 0 Å². The highest BCUT2D eigenvalue weighted by atomic mass is 32.2. The molecule has 0 saturated heterocycles. The molecular weight excluding hydrogens is 395 g/mol. The monoisotopic (exact) mass is 420 g/mol. The second-order valence-corrected chi connectivity index (χ2v) is 8.66. The van der Waals surface area contributed by atoms with Crippen LogP contribution >= 0.6 is 11.8 Å². The van der Waals surface area contributed by atoms with Crippen LogP contribution in [-0.4, -0.2) is 30.0 Å². The van der Waals surface area contributed by atoms with E-state index in [-0.39, 0.29) is 17.3 Å². The number of benzene rings is 2. The van der Waals surface area contributed by atoms with E-state index < -0.39 is 22.8 Å². The number of hydrogen-bond acceptors (Lipinski definition) is 5. The van der Waals surface area contributed by atoms with Crippen molar-refractivity contribution >= 4 is 35.1 Å². The van der Waals surface area contributed by atoms with Crippen LogP contribution in [0.1, 0.15) is 27.7 Å². The molecule has 2 aromatic carbocycles. The predicted octanol–water partition coefficient (Wildman–Crippen LogP) is 5.30. The molecule has 2 N–H and O–H groups in total. The third-order valence-corrected chi connectivity index (χ3v) is 4.73. The normalized spacial score (nSPS) is 12.1. The third-order valence-electron chi connectivity index (χ3n) is 3.62. The molecule has 0 radical (unpaired) electrons. The molecule has 2 aromatic rings. The van der Waals surface area contributed by atoms with E-state index >= 15 is 0 Å². The van der Waals surface area contributed by atoms with Crippen LogP contribution in [0.3, 0.4) is 0 Å². The topological polar surface area (TPSA) is 76.7 Å². The van der Waals surface area contributed by atoms with Crippen molar-refractivity contribution in [2.24, 2.45) is 0 Å². The molecule has 0 saturated carbocycles. The van der Waals surface area contributed by atoms with Crippen molar-refractivity contribution in [2.75, 3.05) is 17.7 Å². The summed E-state index contributed by atoms with van der Waals surface area (Å²) >= 11 is 1.35. The Bertz CT molecular complexity index is 866. The van der Waals surface area contributed by atoms with Crippen molar-refractivity contribution in [2.45, 2.75) is 43.4 Å². The van der Waals surface area contributed by atoms with E-state index in [2.05, 4.69) is 10.6 Å². The molecule has 0 bridgehead atoms. The first-order valence-electron chi connectivity index (χ1n) is 8.98. The molecule has 156 valence electrons. The van der Waals surface area contributed by atoms with E-state index in [0.717, 1.165) is 16.7 Å². The van der Waals surface area contributed by atoms with Gasteiger partial charge in [-0.3, -0.25) is 10.1 Å². The van der Waals surface area contributed by atoms with Crippen LogP contribution in [0.4, 0.5) is 20.6 Å². The highest BCUT2D eigenvalue weighted by Gasteiger charge is 2.20. The van der Waals surface area contributed by atoms with E-state index in [1.165, 1.54) is 23.9 Å². The maximum absolute atomic E-state index is 13.7. The molecule has 0 fully saturated rings. The molecule has 2 amide bonds. The van der Waals surface area contributed by atoms with Gasteiger partial charge in [0.15, 0.2) is 0 Å². The highest BCUT2D eigenvalue weighted by molar-refractivity contribution is 8.00. The molecule has 6 nitrogen and oxygen atoms in total. The number of thioether (sulfide) groups is 1. The van der Waals surface area contributed by atoms with Crippen molar-refractivity contribution in [3.05, 3.63) is 48.3 Å². The number of hydrogen-bond donors (Lipinski definition) is 2. The van der Waals surface area contributed by atoms with Crippen molar-refractivity contribution in [3.8, 4) is 5.75 Å². The van der Waals surface area contributed by atoms with E-state index in [9.17, 15) is 14.0 Å². The molecule has 0 aromatic heterocycles. The molecule has 0 aliphatic carbocycles. The van der Waals surface area contributed by atoms with Crippen LogP contribution in [0.5, 0.6) is 5.75 Å². The molecule has 1 atom stereocenters. The molecule has 29 heavy (non-hydrogen) atoms. The summed E-state index contributed by atoms with van der Waals surface area (Å²) in [5.74, 6) is -0.141. The van der Waals surface area contributed by atoms with Gasteiger partial charge in [-0.05, 0) is 70.2 Å². The van der Waals surface area contributed by atoms with E-state index in [1.807, 2.05) is 24.3 Å². The Morgan fingerprint density at radius 3 is 2.28 bits per heavy atom. The second-order valence-electron chi connectivity index (χ2n) is 7.24. The fraction of sp³-hybridized carbons (Fsp3) is 0.333. The predicted molar refractivity (Wildman–Crippen MR) is 113 cm³/mol. The Hall–Kier alpha value is -2.74. The van der Waals surface area contributed by atoms with Crippen LogP contribution in [0, 0.1) is 5.82 Å². The molecule has 0 aliphatic rings. The van der Waals surface area contributed by atoms with Crippen LogP contribution in [0.15, 0.2) is 47.4 Å². The number of carbonyl (C=O) groups excluding carboxylic acids is 2. The van der Waals surface area contributed by atoms with E-state index in [1.54, 1.807) is 34.8 Å². The number of rotatable bonds is 6. The zero-order valence-electron chi connectivity index (χ0n) is 17.0. The molecule has 0 spiro atoms. The molecule has 0 heterocycles. The summed E-state index contributed by atoms with van der Waals surface area (Å²) in [5.41, 5.74) is -0.282. The van der Waals surface area contributed by atoms with Crippen LogP contribution in [-0.2, 0) is 9.53 Å². The molecular formula is C21H25FN2O4S. The largest absolute Gasteiger partial charge is 0.497 e. The third kappa shape index (κ3) is 7.30. The van der Waals surface area contributed by atoms with Gasteiger partial charge in [-0.25, -0.2) is 9.18 Å². The van der Waals surface area contributed by atoms with Gasteiger partial charge in [-0.2, -0.15) is 0 Å². The Morgan fingerprint density at radius 1 is 1.03 bits per heavy atom. The molecule has 8 heteroatoms. The van der Waals surface area contributed by atoms with Crippen molar-refractivity contribution < 1.29 is 23.5 Å². The molecule has 1 unspecified atom stereocenters. The number of halogens is 1. The smallest absolute Gasteiger partial charge is 0.412 e. The lowest BCUT2D eigenvalue weighted by molar-refractivity contribution is -0.115. The van der Waals surface area contributed by atoms with Crippen LogP contribution in [0.2, 0.25) is 0 Å². The summed E-state index contributed by atoms with van der Waals surface area (Å²) in [6, 6.07) is 11.0. The standard InChI is InChI=1S/C21H25FN2O4S/c1-13(29-16-9-7-15(27-5)8-10-16)19(25)23-18-12-14(22)6-11-17(18)24-20(26)28-21(2,3)4/h6-13H,1-5H3,(H,23,25)(H,24,26). The van der Waals surface area contributed by atoms with Gasteiger partial charge in [0, 0.05) is 4.90 Å². The van der Waals surface area contributed by atoms with Gasteiger partial charge in [0.25, 0.3) is 0 Å². The SMILES string of the molecule is COc1ccc(SC(C)C(=O)Nc2cc(F)ccc2NC(=O)OC(C)(C)C)cc1. The van der Waals surface area contributed by atoms with E-state index in [4.69, 9.17) is 9.47 Å². The lowest BCUT2D eigenvalue weighted by atomic mass is 10.2. The van der Waals surface area contributed by atoms with Crippen LogP contribution in [0.25, 0.3) is 0 Å². The molecule has 2 rings (SSSR count). The first kappa shape index (κ1) is 22.5. The maximum atomic E-state index is 13.7. The van der Waals surface area contributed by atoms with Gasteiger partial charge in [-0.15, -0.1) is 11.8 Å². The maximum Gasteiger partial charge on any atom is 0.412 e. The summed E-state index contributed by atoms with van der Waals surface area (Å²) < 4.78 is 24.0. The van der Waals surface area contributed by atoms with Gasteiger partial charge in [0.05, 0.1) is 23.7 Å². The highest BCUT2D eigenvalue weighted by Crippen LogP contribution is 2.28. The van der Waals surface area contributed by atoms with Gasteiger partial charge < -0.3 is 14.8 Å². The minimum atomic E-state index is -0.694. The number of anilines is 2. The second kappa shape index (κ2) is 9.65. The summed E-state index contributed by atoms with van der Waals surface area (Å²) in [6.07, 6.45) is -0.694.